The van der Waals surface area contributed by atoms with Crippen molar-refractivity contribution >= 4 is 17.4 Å². The maximum absolute atomic E-state index is 13.4. The predicted octanol–water partition coefficient (Wildman–Crippen LogP) is 4.51. The van der Waals surface area contributed by atoms with Gasteiger partial charge in [0, 0.05) is 31.2 Å². The van der Waals surface area contributed by atoms with Crippen molar-refractivity contribution in [3.63, 3.8) is 0 Å². The molecule has 1 N–H and O–H groups in total. The molecule has 1 atom stereocenters. The molecule has 3 aromatic rings. The summed E-state index contributed by atoms with van der Waals surface area (Å²) in [6.45, 7) is 2.40. The highest BCUT2D eigenvalue weighted by Crippen LogP contribution is 2.42. The van der Waals surface area contributed by atoms with Gasteiger partial charge in [-0.3, -0.25) is 14.5 Å². The van der Waals surface area contributed by atoms with Crippen molar-refractivity contribution in [2.45, 2.75) is 31.5 Å². The monoisotopic (exact) mass is 460 g/mol. The van der Waals surface area contributed by atoms with Crippen molar-refractivity contribution in [2.24, 2.45) is 0 Å². The van der Waals surface area contributed by atoms with Crippen LogP contribution in [-0.2, 0) is 16.1 Å². The van der Waals surface area contributed by atoms with Gasteiger partial charge in [0.1, 0.15) is 23.4 Å². The number of halogens is 1. The number of carbonyl (C=O) groups is 2. The third-order valence-corrected chi connectivity index (χ3v) is 6.61. The number of hydrogen-bond donors (Lipinski definition) is 1. The molecular weight excluding hydrogens is 435 g/mol. The van der Waals surface area contributed by atoms with Gasteiger partial charge < -0.3 is 14.4 Å². The molecule has 0 saturated carbocycles. The summed E-state index contributed by atoms with van der Waals surface area (Å²) in [4.78, 5) is 30.2. The summed E-state index contributed by atoms with van der Waals surface area (Å²) >= 11 is 0. The standard InChI is InChI=1S/C27H25FN2O4/c28-20-10-8-19(9-11-20)25(31)23-24(22-7-4-16-34-22)30(27(33)26(23)32)21-12-14-29(15-13-21)17-18-5-2-1-3-6-18/h1-11,16,21,24,31H,12-15,17H2/b25-23-. The number of piperidine rings is 1. The molecule has 5 rings (SSSR count). The van der Waals surface area contributed by atoms with Crippen molar-refractivity contribution in [2.75, 3.05) is 13.1 Å². The number of hydrogen-bond acceptors (Lipinski definition) is 5. The molecule has 1 aromatic heterocycles. The summed E-state index contributed by atoms with van der Waals surface area (Å²) in [7, 11) is 0. The minimum absolute atomic E-state index is 0.0294. The van der Waals surface area contributed by atoms with Crippen LogP contribution in [-0.4, -0.2) is 45.7 Å². The van der Waals surface area contributed by atoms with Crippen LogP contribution in [0.5, 0.6) is 0 Å². The predicted molar refractivity (Wildman–Crippen MR) is 124 cm³/mol. The molecule has 2 aliphatic heterocycles. The van der Waals surface area contributed by atoms with E-state index in [2.05, 4.69) is 17.0 Å². The fourth-order valence-electron chi connectivity index (χ4n) is 4.91. The van der Waals surface area contributed by atoms with Gasteiger partial charge in [0.15, 0.2) is 0 Å². The summed E-state index contributed by atoms with van der Waals surface area (Å²) in [5.41, 5.74) is 1.48. The molecule has 7 heteroatoms. The van der Waals surface area contributed by atoms with Gasteiger partial charge in [0.2, 0.25) is 0 Å². The van der Waals surface area contributed by atoms with Crippen LogP contribution < -0.4 is 0 Å². The molecule has 1 unspecified atom stereocenters. The number of rotatable bonds is 5. The number of benzene rings is 2. The Balaban J connectivity index is 1.43. The van der Waals surface area contributed by atoms with Gasteiger partial charge in [0.05, 0.1) is 11.8 Å². The van der Waals surface area contributed by atoms with Crippen LogP contribution in [0.1, 0.15) is 35.8 Å². The average molecular weight is 461 g/mol. The first-order valence-electron chi connectivity index (χ1n) is 11.4. The van der Waals surface area contributed by atoms with E-state index in [4.69, 9.17) is 4.42 Å². The van der Waals surface area contributed by atoms with Crippen molar-refractivity contribution in [1.82, 2.24) is 9.80 Å². The molecule has 3 heterocycles. The minimum atomic E-state index is -0.828. The molecule has 174 valence electrons. The van der Waals surface area contributed by atoms with Crippen LogP contribution in [0.15, 0.2) is 83.0 Å². The first-order valence-corrected chi connectivity index (χ1v) is 11.4. The third-order valence-electron chi connectivity index (χ3n) is 6.61. The second kappa shape index (κ2) is 9.27. The van der Waals surface area contributed by atoms with E-state index < -0.39 is 23.5 Å². The third kappa shape index (κ3) is 4.15. The second-order valence-corrected chi connectivity index (χ2v) is 8.72. The molecule has 0 spiro atoms. The Kier molecular flexibility index (Phi) is 6.02. The Bertz CT molecular complexity index is 1200. The number of aliphatic hydroxyl groups is 1. The Morgan fingerprint density at radius 2 is 1.68 bits per heavy atom. The van der Waals surface area contributed by atoms with Crippen LogP contribution in [0.2, 0.25) is 0 Å². The zero-order valence-electron chi connectivity index (χ0n) is 18.6. The largest absolute Gasteiger partial charge is 0.507 e. The van der Waals surface area contributed by atoms with Crippen molar-refractivity contribution in [1.29, 1.82) is 0 Å². The zero-order chi connectivity index (χ0) is 23.7. The van der Waals surface area contributed by atoms with Gasteiger partial charge >= 0.3 is 0 Å². The lowest BCUT2D eigenvalue weighted by atomic mass is 9.97. The average Bonchev–Trinajstić information content (AvgIpc) is 3.47. The number of nitrogens with zero attached hydrogens (tertiary/aromatic N) is 2. The number of likely N-dealkylation sites (tertiary alicyclic amines) is 2. The molecule has 1 amide bonds. The van der Waals surface area contributed by atoms with Gasteiger partial charge in [0.25, 0.3) is 11.7 Å². The van der Waals surface area contributed by atoms with E-state index in [-0.39, 0.29) is 22.9 Å². The number of ketones is 1. The highest BCUT2D eigenvalue weighted by atomic mass is 19.1. The topological polar surface area (TPSA) is 74.0 Å². The van der Waals surface area contributed by atoms with Gasteiger partial charge in [-0.15, -0.1) is 0 Å². The van der Waals surface area contributed by atoms with Crippen LogP contribution >= 0.6 is 0 Å². The summed E-state index contributed by atoms with van der Waals surface area (Å²) < 4.78 is 19.0. The van der Waals surface area contributed by atoms with Crippen molar-refractivity contribution in [3.05, 3.63) is 101 Å². The molecule has 2 saturated heterocycles. The van der Waals surface area contributed by atoms with E-state index in [0.717, 1.165) is 19.6 Å². The summed E-state index contributed by atoms with van der Waals surface area (Å²) in [6, 6.07) is 17.8. The second-order valence-electron chi connectivity index (χ2n) is 8.72. The van der Waals surface area contributed by atoms with E-state index in [0.29, 0.717) is 18.6 Å². The van der Waals surface area contributed by atoms with Crippen LogP contribution in [0.4, 0.5) is 4.39 Å². The number of furan rings is 1. The summed E-state index contributed by atoms with van der Waals surface area (Å²) in [5, 5.41) is 11.0. The summed E-state index contributed by atoms with van der Waals surface area (Å²) in [6.07, 6.45) is 2.89. The summed E-state index contributed by atoms with van der Waals surface area (Å²) in [5.74, 6) is -1.78. The van der Waals surface area contributed by atoms with Crippen molar-refractivity contribution < 1.29 is 23.5 Å². The molecule has 2 aliphatic rings. The van der Waals surface area contributed by atoms with Gasteiger partial charge in [-0.05, 0) is 54.8 Å². The van der Waals surface area contributed by atoms with E-state index in [1.165, 1.54) is 36.1 Å². The van der Waals surface area contributed by atoms with Crippen molar-refractivity contribution in [3.8, 4) is 0 Å². The van der Waals surface area contributed by atoms with Crippen LogP contribution in [0, 0.1) is 5.82 Å². The highest BCUT2D eigenvalue weighted by Gasteiger charge is 2.50. The molecule has 6 nitrogen and oxygen atoms in total. The normalized spacial score (nSPS) is 21.3. The van der Waals surface area contributed by atoms with Gasteiger partial charge in [-0.1, -0.05) is 30.3 Å². The lowest BCUT2D eigenvalue weighted by Gasteiger charge is -2.38. The van der Waals surface area contributed by atoms with E-state index in [1.807, 2.05) is 18.2 Å². The smallest absolute Gasteiger partial charge is 0.296 e. The zero-order valence-corrected chi connectivity index (χ0v) is 18.6. The van der Waals surface area contributed by atoms with Crippen LogP contribution in [0.3, 0.4) is 0 Å². The molecule has 0 aliphatic carbocycles. The maximum atomic E-state index is 13.4. The lowest BCUT2D eigenvalue weighted by Crippen LogP contribution is -2.46. The fraction of sp³-hybridized carbons (Fsp3) is 0.259. The quantitative estimate of drug-likeness (QED) is 0.345. The molecule has 2 aromatic carbocycles. The lowest BCUT2D eigenvalue weighted by molar-refractivity contribution is -0.142. The maximum Gasteiger partial charge on any atom is 0.296 e. The molecule has 2 fully saturated rings. The first kappa shape index (κ1) is 22.1. The van der Waals surface area contributed by atoms with E-state index in [1.54, 1.807) is 17.0 Å². The SMILES string of the molecule is O=C1C(=O)N(C2CCN(Cc3ccccc3)CC2)C(c2ccco2)/C1=C(/O)c1ccc(F)cc1. The molecule has 0 bridgehead atoms. The number of amides is 1. The number of aliphatic hydroxyl groups excluding tert-OH is 1. The Morgan fingerprint density at radius 1 is 0.971 bits per heavy atom. The van der Waals surface area contributed by atoms with Gasteiger partial charge in [-0.2, -0.15) is 0 Å². The van der Waals surface area contributed by atoms with Gasteiger partial charge in [-0.25, -0.2) is 4.39 Å². The first-order chi connectivity index (χ1) is 16.5. The molecule has 0 radical (unpaired) electrons. The number of Topliss-reactive ketones (excluding diaryl/α,β-unsaturated/α-hetero) is 1. The molecular formula is C27H25FN2O4. The fourth-order valence-corrected chi connectivity index (χ4v) is 4.91. The van der Waals surface area contributed by atoms with Crippen LogP contribution in [0.25, 0.3) is 5.76 Å². The minimum Gasteiger partial charge on any atom is -0.507 e. The Labute approximate surface area is 196 Å². The highest BCUT2D eigenvalue weighted by molar-refractivity contribution is 6.46. The Hall–Kier alpha value is -3.71. The molecule has 34 heavy (non-hydrogen) atoms. The van der Waals surface area contributed by atoms with E-state index >= 15 is 0 Å². The Morgan fingerprint density at radius 3 is 2.32 bits per heavy atom. The van der Waals surface area contributed by atoms with E-state index in [9.17, 15) is 19.1 Å². The number of carbonyl (C=O) groups excluding carboxylic acids is 2.